The highest BCUT2D eigenvalue weighted by Gasteiger charge is 2.22. The number of ether oxygens (including phenoxy) is 2. The Morgan fingerprint density at radius 1 is 0.764 bits per heavy atom. The second-order valence-electron chi connectivity index (χ2n) is 15.5. The fraction of sp³-hybridized carbons (Fsp3) is 0.659. The van der Waals surface area contributed by atoms with Gasteiger partial charge in [0.1, 0.15) is 18.4 Å². The van der Waals surface area contributed by atoms with Crippen LogP contribution < -0.4 is 14.9 Å². The topological polar surface area (TPSA) is 177 Å². The van der Waals surface area contributed by atoms with E-state index in [1.807, 2.05) is 33.3 Å². The first-order valence-corrected chi connectivity index (χ1v) is 21.7. The number of hydrogen-bond donors (Lipinski definition) is 2. The summed E-state index contributed by atoms with van der Waals surface area (Å²) < 4.78 is 26.7. The molecule has 0 spiro atoms. The number of rotatable bonds is 31. The molecule has 2 aromatic carbocycles. The number of quaternary nitrogens is 1. The molecule has 0 bridgehead atoms. The fourth-order valence-electron chi connectivity index (χ4n) is 6.44. The first kappa shape index (κ1) is 47.8. The largest absolute Gasteiger partial charge is 0.756 e. The maximum absolute atomic E-state index is 12.3. The summed E-state index contributed by atoms with van der Waals surface area (Å²) in [6.07, 6.45) is 21.4. The number of carbonyl (C=O) groups is 2. The number of amides is 1. The highest BCUT2D eigenvalue weighted by Crippen LogP contribution is 2.34. The average molecular weight is 792 g/mol. The summed E-state index contributed by atoms with van der Waals surface area (Å²) in [4.78, 5) is 54.5. The fourth-order valence-corrected chi connectivity index (χ4v) is 6.98. The van der Waals surface area contributed by atoms with Crippen LogP contribution in [-0.4, -0.2) is 66.8 Å². The lowest BCUT2D eigenvalue weighted by Gasteiger charge is -2.31. The van der Waals surface area contributed by atoms with E-state index in [0.717, 1.165) is 37.8 Å². The number of aryl methyl sites for hydroxylation is 1. The van der Waals surface area contributed by atoms with Gasteiger partial charge in [0.05, 0.1) is 32.7 Å². The molecule has 55 heavy (non-hydrogen) atoms. The Hall–Kier alpha value is -3.35. The molecule has 0 fully saturated rings. The molecule has 310 valence electrons. The minimum Gasteiger partial charge on any atom is -0.756 e. The van der Waals surface area contributed by atoms with Crippen LogP contribution in [0.3, 0.4) is 0 Å². The Balaban J connectivity index is 1.37. The maximum atomic E-state index is 12.3. The third-order valence-corrected chi connectivity index (χ3v) is 9.84. The summed E-state index contributed by atoms with van der Waals surface area (Å²) in [5, 5.41) is 13.6. The first-order chi connectivity index (χ1) is 26.2. The number of nitrogens with zero attached hydrogens (tertiary/aromatic N) is 2. The van der Waals surface area contributed by atoms with Crippen LogP contribution in [0.15, 0.2) is 48.5 Å². The van der Waals surface area contributed by atoms with Gasteiger partial charge in [-0.15, -0.1) is 0 Å². The van der Waals surface area contributed by atoms with Crippen molar-refractivity contribution in [3.63, 3.8) is 0 Å². The molecule has 14 heteroatoms. The van der Waals surface area contributed by atoms with Gasteiger partial charge in [0.2, 0.25) is 5.91 Å². The predicted molar refractivity (Wildman–Crippen MR) is 214 cm³/mol. The summed E-state index contributed by atoms with van der Waals surface area (Å²) in [5.41, 5.74) is 1.93. The van der Waals surface area contributed by atoms with Gasteiger partial charge in [-0.2, -0.15) is 0 Å². The quantitative estimate of drug-likeness (QED) is 0.0142. The lowest BCUT2D eigenvalue weighted by atomic mass is 10.0. The monoisotopic (exact) mass is 791 g/mol. The van der Waals surface area contributed by atoms with Crippen LogP contribution in [0.5, 0.6) is 5.75 Å². The first-order valence-electron chi connectivity index (χ1n) is 20.2. The van der Waals surface area contributed by atoms with Gasteiger partial charge in [-0.1, -0.05) is 108 Å². The number of benzene rings is 2. The number of nitrogens with one attached hydrogen (secondary N) is 1. The number of carbonyl (C=O) groups excluding carboxylic acids is 2. The molecule has 0 heterocycles. The second kappa shape index (κ2) is 27.3. The van der Waals surface area contributed by atoms with E-state index in [4.69, 9.17) is 18.9 Å². The van der Waals surface area contributed by atoms with Crippen molar-refractivity contribution in [3.05, 3.63) is 64.2 Å². The van der Waals surface area contributed by atoms with Crippen LogP contribution in [0.2, 0.25) is 0 Å². The van der Waals surface area contributed by atoms with Crippen molar-refractivity contribution < 1.29 is 47.3 Å². The molecule has 2 N–H and O–H groups in total. The van der Waals surface area contributed by atoms with Crippen molar-refractivity contribution in [2.45, 2.75) is 141 Å². The van der Waals surface area contributed by atoms with Crippen LogP contribution in [0.4, 0.5) is 16.2 Å². The van der Waals surface area contributed by atoms with Gasteiger partial charge in [-0.05, 0) is 61.9 Å². The molecule has 2 unspecified atom stereocenters. The number of hydrogen-bond acceptors (Lipinski definition) is 9. The molecule has 2 aromatic rings. The van der Waals surface area contributed by atoms with Gasteiger partial charge in [0.15, 0.2) is 0 Å². The van der Waals surface area contributed by atoms with E-state index in [1.54, 1.807) is 0 Å². The van der Waals surface area contributed by atoms with Crippen molar-refractivity contribution in [2.24, 2.45) is 0 Å². The molecule has 2 rings (SSSR count). The van der Waals surface area contributed by atoms with Crippen LogP contribution in [0.1, 0.15) is 134 Å². The van der Waals surface area contributed by atoms with Gasteiger partial charge < -0.3 is 33.6 Å². The Labute approximate surface area is 328 Å². The van der Waals surface area contributed by atoms with E-state index in [1.165, 1.54) is 107 Å². The van der Waals surface area contributed by atoms with Crippen LogP contribution in [0.25, 0.3) is 0 Å². The van der Waals surface area contributed by atoms with Gasteiger partial charge in [0.25, 0.3) is 13.5 Å². The van der Waals surface area contributed by atoms with E-state index in [-0.39, 0.29) is 24.0 Å². The third kappa shape index (κ3) is 26.2. The maximum Gasteiger partial charge on any atom is 0.513 e. The SMILES string of the molecule is C[N+](C)(C)CC(CCCCCCCCCCCCCCCCCCc1ccc(NC(=O)CCCCOC(=O)Oc2ccc([N+](=O)[O-])cc2)cc1)OP(=O)([O-])O. The molecule has 0 radical (unpaired) electrons. The molecule has 2 atom stereocenters. The zero-order valence-corrected chi connectivity index (χ0v) is 34.3. The zero-order chi connectivity index (χ0) is 40.4. The van der Waals surface area contributed by atoms with Crippen molar-refractivity contribution >= 4 is 31.3 Å². The van der Waals surface area contributed by atoms with E-state index in [0.29, 0.717) is 36.7 Å². The Morgan fingerprint density at radius 3 is 1.76 bits per heavy atom. The molecule has 0 saturated carbocycles. The number of anilines is 1. The summed E-state index contributed by atoms with van der Waals surface area (Å²) in [5.74, 6) is 0.0511. The Bertz CT molecular complexity index is 1410. The molecular formula is C41H66N3O10P. The smallest absolute Gasteiger partial charge is 0.513 e. The van der Waals surface area contributed by atoms with Gasteiger partial charge in [-0.3, -0.25) is 19.5 Å². The normalized spacial score (nSPS) is 13.2. The lowest BCUT2D eigenvalue weighted by Crippen LogP contribution is -2.42. The van der Waals surface area contributed by atoms with Crippen molar-refractivity contribution in [1.29, 1.82) is 0 Å². The van der Waals surface area contributed by atoms with Gasteiger partial charge in [0, 0.05) is 24.2 Å². The van der Waals surface area contributed by atoms with Crippen LogP contribution >= 0.6 is 7.82 Å². The highest BCUT2D eigenvalue weighted by molar-refractivity contribution is 7.44. The van der Waals surface area contributed by atoms with Crippen molar-refractivity contribution in [2.75, 3.05) is 39.6 Å². The van der Waals surface area contributed by atoms with Crippen LogP contribution in [0, 0.1) is 10.1 Å². The van der Waals surface area contributed by atoms with Gasteiger partial charge >= 0.3 is 6.16 Å². The number of non-ortho nitro benzene ring substituents is 1. The Morgan fingerprint density at radius 2 is 1.27 bits per heavy atom. The van der Waals surface area contributed by atoms with E-state index >= 15 is 0 Å². The minimum atomic E-state index is -4.71. The number of nitro groups is 1. The summed E-state index contributed by atoms with van der Waals surface area (Å²) in [6, 6.07) is 13.1. The predicted octanol–water partition coefficient (Wildman–Crippen LogP) is 9.65. The van der Waals surface area contributed by atoms with Crippen molar-refractivity contribution in [1.82, 2.24) is 0 Å². The number of likely N-dealkylation sites (N-methyl/N-ethyl adjacent to an activating group) is 1. The molecule has 1 amide bonds. The summed E-state index contributed by atoms with van der Waals surface area (Å²) in [6.45, 7) is 0.645. The molecule has 0 saturated heterocycles. The minimum absolute atomic E-state index is 0.0997. The van der Waals surface area contributed by atoms with E-state index in [9.17, 15) is 29.2 Å². The number of nitro benzene ring substituents is 1. The highest BCUT2D eigenvalue weighted by atomic mass is 31.2. The molecular weight excluding hydrogens is 725 g/mol. The molecule has 13 nitrogen and oxygen atoms in total. The second-order valence-corrected chi connectivity index (χ2v) is 16.7. The number of phosphoric ester groups is 1. The van der Waals surface area contributed by atoms with Gasteiger partial charge in [-0.25, -0.2) is 4.79 Å². The zero-order valence-electron chi connectivity index (χ0n) is 33.4. The number of phosphoric acid groups is 1. The number of unbranched alkanes of at least 4 members (excludes halogenated alkanes) is 16. The average Bonchev–Trinajstić information content (AvgIpc) is 3.10. The molecule has 0 aliphatic carbocycles. The van der Waals surface area contributed by atoms with E-state index in [2.05, 4.69) is 17.4 Å². The summed E-state index contributed by atoms with van der Waals surface area (Å²) >= 11 is 0. The molecule has 0 aliphatic heterocycles. The van der Waals surface area contributed by atoms with Crippen molar-refractivity contribution in [3.8, 4) is 5.75 Å². The third-order valence-electron chi connectivity index (χ3n) is 9.28. The van der Waals surface area contributed by atoms with Crippen LogP contribution in [-0.2, 0) is 25.0 Å². The molecule has 0 aromatic heterocycles. The van der Waals surface area contributed by atoms with E-state index < -0.39 is 25.0 Å². The molecule has 0 aliphatic rings. The standard InChI is InChI=1S/C41H66N3O10P/c1-44(2,3)34-39(54-55(49,50)51)23-19-17-15-13-11-9-7-5-4-6-8-10-12-14-16-18-22-35-25-27-36(28-26-35)42-40(45)24-20-21-33-52-41(46)53-38-31-29-37(30-32-38)43(47)48/h25-32,39H,4-24,33-34H2,1-3H3,(H2-,42,45,49,50,51). The summed E-state index contributed by atoms with van der Waals surface area (Å²) in [7, 11) is 1.24. The Kier molecular flexibility index (Phi) is 23.7. The lowest BCUT2D eigenvalue weighted by molar-refractivity contribution is -0.873.